The minimum absolute atomic E-state index is 0.0953. The molecule has 7 nitrogen and oxygen atoms in total. The maximum Gasteiger partial charge on any atom is 0.268 e. The first kappa shape index (κ1) is 22.9. The molecule has 5 rings (SSSR count). The Balaban J connectivity index is 1.40. The van der Waals surface area contributed by atoms with Gasteiger partial charge < -0.3 is 5.32 Å². The van der Waals surface area contributed by atoms with E-state index in [-0.39, 0.29) is 17.3 Å². The highest BCUT2D eigenvalue weighted by atomic mass is 32.2. The van der Waals surface area contributed by atoms with Gasteiger partial charge in [0.2, 0.25) is 5.91 Å². The van der Waals surface area contributed by atoms with E-state index < -0.39 is 10.0 Å². The molecule has 0 radical (unpaired) electrons. The zero-order valence-corrected chi connectivity index (χ0v) is 20.4. The molecule has 1 aromatic heterocycles. The van der Waals surface area contributed by atoms with Gasteiger partial charge in [-0.2, -0.15) is 5.10 Å². The third-order valence-corrected chi connectivity index (χ3v) is 8.35. The van der Waals surface area contributed by atoms with Gasteiger partial charge in [-0.15, -0.1) is 0 Å². The van der Waals surface area contributed by atoms with Crippen molar-refractivity contribution in [2.45, 2.75) is 31.7 Å². The van der Waals surface area contributed by atoms with E-state index in [4.69, 9.17) is 0 Å². The number of sulfonamides is 1. The van der Waals surface area contributed by atoms with Gasteiger partial charge in [-0.25, -0.2) is 8.42 Å². The van der Waals surface area contributed by atoms with Crippen LogP contribution in [0.25, 0.3) is 11.1 Å². The lowest BCUT2D eigenvalue weighted by Crippen LogP contribution is -2.30. The van der Waals surface area contributed by atoms with Gasteiger partial charge in [0.1, 0.15) is 11.4 Å². The monoisotopic (exact) mass is 486 g/mol. The Morgan fingerprint density at radius 2 is 1.63 bits per heavy atom. The molecule has 1 amide bonds. The zero-order valence-electron chi connectivity index (χ0n) is 19.6. The number of nitrogens with zero attached hydrogens (tertiary/aromatic N) is 3. The number of amides is 1. The summed E-state index contributed by atoms with van der Waals surface area (Å²) in [5, 5.41) is 7.38. The van der Waals surface area contributed by atoms with Crippen LogP contribution in [0.15, 0.2) is 83.8 Å². The second-order valence-corrected chi connectivity index (χ2v) is 10.4. The third kappa shape index (κ3) is 4.21. The molecule has 1 N–H and O–H groups in total. The average molecular weight is 487 g/mol. The number of benzene rings is 3. The smallest absolute Gasteiger partial charge is 0.268 e. The van der Waals surface area contributed by atoms with Crippen molar-refractivity contribution < 1.29 is 13.2 Å². The molecule has 0 saturated carbocycles. The molecule has 4 aromatic rings. The molecule has 2 heterocycles. The number of carbonyl (C=O) groups excluding carboxylic acids is 1. The van der Waals surface area contributed by atoms with Gasteiger partial charge in [0.25, 0.3) is 10.0 Å². The van der Waals surface area contributed by atoms with E-state index in [9.17, 15) is 13.2 Å². The molecule has 3 aromatic carbocycles. The van der Waals surface area contributed by atoms with E-state index in [0.29, 0.717) is 35.7 Å². The second kappa shape index (κ2) is 9.03. The van der Waals surface area contributed by atoms with Crippen LogP contribution < -0.4 is 9.62 Å². The number of carbonyl (C=O) groups is 1. The van der Waals surface area contributed by atoms with E-state index in [1.54, 1.807) is 13.8 Å². The molecule has 1 aliphatic heterocycles. The fourth-order valence-electron chi connectivity index (χ4n) is 4.66. The lowest BCUT2D eigenvalue weighted by Gasteiger charge is -2.19. The summed E-state index contributed by atoms with van der Waals surface area (Å²) in [6, 6.07) is 24.9. The molecule has 0 saturated heterocycles. The van der Waals surface area contributed by atoms with Gasteiger partial charge in [0, 0.05) is 17.8 Å². The number of anilines is 2. The van der Waals surface area contributed by atoms with Crippen molar-refractivity contribution in [2.24, 2.45) is 0 Å². The summed E-state index contributed by atoms with van der Waals surface area (Å²) < 4.78 is 30.1. The second-order valence-electron chi connectivity index (χ2n) is 8.57. The van der Waals surface area contributed by atoms with Crippen LogP contribution in [0.4, 0.5) is 11.4 Å². The first-order valence-electron chi connectivity index (χ1n) is 11.4. The molecule has 0 unspecified atom stereocenters. The first-order valence-corrected chi connectivity index (χ1v) is 12.9. The summed E-state index contributed by atoms with van der Waals surface area (Å²) >= 11 is 0. The van der Waals surface area contributed by atoms with Crippen LogP contribution in [0.2, 0.25) is 0 Å². The average Bonchev–Trinajstić information content (AvgIpc) is 3.41. The first-order chi connectivity index (χ1) is 16.9. The van der Waals surface area contributed by atoms with Crippen LogP contribution in [0.1, 0.15) is 17.0 Å². The van der Waals surface area contributed by atoms with E-state index in [1.807, 2.05) is 78.9 Å². The molecule has 0 bridgehead atoms. The summed E-state index contributed by atoms with van der Waals surface area (Å²) in [5.74, 6) is -0.283. The molecule has 1 aliphatic rings. The fraction of sp³-hybridized carbons (Fsp3) is 0.185. The standard InChI is InChI=1S/C27H26N4O3S/c1-19-27(35(33,34)31-17-16-22-12-6-9-15-25(22)31)20(2)30(29-19)18-26(32)28-24-14-8-7-13-23(24)21-10-4-3-5-11-21/h3-15H,16-18H2,1-2H3,(H,28,32). The Kier molecular flexibility index (Phi) is 5.90. The van der Waals surface area contributed by atoms with Gasteiger partial charge in [0.05, 0.1) is 17.1 Å². The summed E-state index contributed by atoms with van der Waals surface area (Å²) in [6.45, 7) is 3.66. The predicted molar refractivity (Wildman–Crippen MR) is 137 cm³/mol. The normalized spacial score (nSPS) is 13.0. The van der Waals surface area contributed by atoms with Crippen LogP contribution in [-0.2, 0) is 27.8 Å². The highest BCUT2D eigenvalue weighted by Gasteiger charge is 2.35. The van der Waals surface area contributed by atoms with Gasteiger partial charge in [0.15, 0.2) is 0 Å². The topological polar surface area (TPSA) is 84.3 Å². The fourth-order valence-corrected chi connectivity index (χ4v) is 6.54. The van der Waals surface area contributed by atoms with Gasteiger partial charge in [-0.05, 0) is 43.5 Å². The van der Waals surface area contributed by atoms with Crippen molar-refractivity contribution in [3.8, 4) is 11.1 Å². The van der Waals surface area contributed by atoms with E-state index in [1.165, 1.54) is 8.99 Å². The quantitative estimate of drug-likeness (QED) is 0.433. The van der Waals surface area contributed by atoms with Gasteiger partial charge >= 0.3 is 0 Å². The maximum atomic E-state index is 13.6. The molecule has 0 atom stereocenters. The number of aryl methyl sites for hydroxylation is 1. The molecule has 0 aliphatic carbocycles. The lowest BCUT2D eigenvalue weighted by atomic mass is 10.0. The highest BCUT2D eigenvalue weighted by molar-refractivity contribution is 7.93. The van der Waals surface area contributed by atoms with E-state index >= 15 is 0 Å². The number of fused-ring (bicyclic) bond motifs is 1. The minimum Gasteiger partial charge on any atom is -0.324 e. The van der Waals surface area contributed by atoms with Crippen molar-refractivity contribution in [3.05, 3.63) is 95.8 Å². The SMILES string of the molecule is Cc1nn(CC(=O)Nc2ccccc2-c2ccccc2)c(C)c1S(=O)(=O)N1CCc2ccccc21. The maximum absolute atomic E-state index is 13.6. The van der Waals surface area contributed by atoms with Gasteiger partial charge in [-0.3, -0.25) is 13.8 Å². The summed E-state index contributed by atoms with van der Waals surface area (Å²) in [6.07, 6.45) is 0.671. The van der Waals surface area contributed by atoms with Crippen LogP contribution in [0.5, 0.6) is 0 Å². The Morgan fingerprint density at radius 1 is 0.943 bits per heavy atom. The van der Waals surface area contributed by atoms with Crippen molar-refractivity contribution in [1.29, 1.82) is 0 Å². The third-order valence-electron chi connectivity index (χ3n) is 6.29. The Morgan fingerprint density at radius 3 is 2.43 bits per heavy atom. The highest BCUT2D eigenvalue weighted by Crippen LogP contribution is 2.34. The van der Waals surface area contributed by atoms with Crippen molar-refractivity contribution in [1.82, 2.24) is 9.78 Å². The Bertz CT molecular complexity index is 1510. The van der Waals surface area contributed by atoms with Crippen LogP contribution in [0.3, 0.4) is 0 Å². The molecular formula is C27H26N4O3S. The number of hydrogen-bond acceptors (Lipinski definition) is 4. The molecule has 0 fully saturated rings. The van der Waals surface area contributed by atoms with Crippen molar-refractivity contribution in [3.63, 3.8) is 0 Å². The number of aromatic nitrogens is 2. The lowest BCUT2D eigenvalue weighted by molar-refractivity contribution is -0.116. The molecule has 35 heavy (non-hydrogen) atoms. The molecular weight excluding hydrogens is 460 g/mol. The number of nitrogens with one attached hydrogen (secondary N) is 1. The number of hydrogen-bond donors (Lipinski definition) is 1. The van der Waals surface area contributed by atoms with Crippen LogP contribution in [0, 0.1) is 13.8 Å². The van der Waals surface area contributed by atoms with E-state index in [2.05, 4.69) is 10.4 Å². The van der Waals surface area contributed by atoms with E-state index in [0.717, 1.165) is 16.7 Å². The van der Waals surface area contributed by atoms with Gasteiger partial charge in [-0.1, -0.05) is 66.7 Å². The predicted octanol–water partition coefficient (Wildman–Crippen LogP) is 4.56. The molecule has 0 spiro atoms. The summed E-state index contributed by atoms with van der Waals surface area (Å²) in [7, 11) is -3.81. The molecule has 178 valence electrons. The van der Waals surface area contributed by atoms with Crippen LogP contribution >= 0.6 is 0 Å². The minimum atomic E-state index is -3.81. The Hall–Kier alpha value is -3.91. The number of rotatable bonds is 6. The summed E-state index contributed by atoms with van der Waals surface area (Å²) in [5.41, 5.74) is 5.12. The van der Waals surface area contributed by atoms with Crippen molar-refractivity contribution in [2.75, 3.05) is 16.2 Å². The zero-order chi connectivity index (χ0) is 24.6. The summed E-state index contributed by atoms with van der Waals surface area (Å²) in [4.78, 5) is 13.1. The van der Waals surface area contributed by atoms with Crippen LogP contribution in [-0.4, -0.2) is 30.7 Å². The Labute approximate surface area is 205 Å². The van der Waals surface area contributed by atoms with Crippen molar-refractivity contribution >= 4 is 27.3 Å². The largest absolute Gasteiger partial charge is 0.324 e. The number of para-hydroxylation sites is 2. The molecule has 8 heteroatoms.